The molecule has 0 aliphatic heterocycles. The van der Waals surface area contributed by atoms with E-state index in [2.05, 4.69) is 0 Å². The quantitative estimate of drug-likeness (QED) is 0.187. The lowest BCUT2D eigenvalue weighted by Crippen LogP contribution is -2.55. The number of nitrogens with two attached hydrogens (primary N) is 3. The summed E-state index contributed by atoms with van der Waals surface area (Å²) >= 11 is 0. The fourth-order valence-electron chi connectivity index (χ4n) is 1.65. The lowest BCUT2D eigenvalue weighted by Gasteiger charge is -2.21. The van der Waals surface area contributed by atoms with E-state index >= 15 is 0 Å². The molecule has 0 bridgehead atoms. The lowest BCUT2D eigenvalue weighted by atomic mass is 10.1. The number of rotatable bonds is 11. The number of carbonyl (C=O) groups is 6. The zero-order valence-corrected chi connectivity index (χ0v) is 12.9. The van der Waals surface area contributed by atoms with Crippen LogP contribution in [0.1, 0.15) is 19.3 Å². The van der Waals surface area contributed by atoms with E-state index in [4.69, 9.17) is 27.4 Å². The predicted octanol–water partition coefficient (Wildman–Crippen LogP) is -4.41. The molecule has 0 aromatic heterocycles. The minimum Gasteiger partial charge on any atom is -0.481 e. The molecule has 0 aromatic rings. The average Bonchev–Trinajstić information content (AvgIpc) is 2.43. The van der Waals surface area contributed by atoms with Crippen LogP contribution in [0.3, 0.4) is 0 Å². The molecule has 4 amide bonds. The van der Waals surface area contributed by atoms with Gasteiger partial charge in [0.25, 0.3) is 0 Å². The van der Waals surface area contributed by atoms with Gasteiger partial charge in [-0.1, -0.05) is 0 Å². The Bertz CT molecular complexity index is 578. The number of aliphatic carboxylic acids is 2. The van der Waals surface area contributed by atoms with Gasteiger partial charge in [-0.3, -0.25) is 24.0 Å². The van der Waals surface area contributed by atoms with Crippen molar-refractivity contribution in [1.29, 1.82) is 0 Å². The molecular weight excluding hydrogens is 342 g/mol. The van der Waals surface area contributed by atoms with Crippen LogP contribution in [0.15, 0.2) is 0 Å². The Morgan fingerprint density at radius 3 is 1.64 bits per heavy atom. The van der Waals surface area contributed by atoms with Crippen LogP contribution in [0.2, 0.25) is 0 Å². The largest absolute Gasteiger partial charge is 0.481 e. The molecule has 0 aliphatic rings. The summed E-state index contributed by atoms with van der Waals surface area (Å²) in [6, 6.07) is -4.83. The van der Waals surface area contributed by atoms with Crippen molar-refractivity contribution in [2.24, 2.45) is 17.2 Å². The average molecular weight is 361 g/mol. The second-order valence-electron chi connectivity index (χ2n) is 5.01. The first-order valence-electron chi connectivity index (χ1n) is 6.81. The number of nitrogens with one attached hydrogen (secondary N) is 2. The van der Waals surface area contributed by atoms with Gasteiger partial charge in [0.1, 0.15) is 12.1 Å². The Hall–Kier alpha value is -3.22. The number of carboxylic acids is 2. The molecule has 13 nitrogen and oxygen atoms in total. The molecule has 0 aliphatic carbocycles. The van der Waals surface area contributed by atoms with Crippen molar-refractivity contribution in [3.63, 3.8) is 0 Å². The highest BCUT2D eigenvalue weighted by atomic mass is 16.4. The van der Waals surface area contributed by atoms with Gasteiger partial charge in [-0.05, 0) is 0 Å². The Labute approximate surface area is 140 Å². The van der Waals surface area contributed by atoms with E-state index in [0.29, 0.717) is 0 Å². The van der Waals surface area contributed by atoms with Gasteiger partial charge in [0.15, 0.2) is 0 Å². The van der Waals surface area contributed by atoms with E-state index in [9.17, 15) is 28.8 Å². The molecule has 25 heavy (non-hydrogen) atoms. The predicted molar refractivity (Wildman–Crippen MR) is 79.3 cm³/mol. The molecule has 0 aromatic carbocycles. The summed E-state index contributed by atoms with van der Waals surface area (Å²) in [4.78, 5) is 67.1. The molecule has 3 atom stereocenters. The lowest BCUT2D eigenvalue weighted by molar-refractivity contribution is -0.144. The third-order valence-corrected chi connectivity index (χ3v) is 2.79. The van der Waals surface area contributed by atoms with Crippen molar-refractivity contribution in [2.45, 2.75) is 37.4 Å². The topological polar surface area (TPSA) is 245 Å². The van der Waals surface area contributed by atoms with Crippen molar-refractivity contribution >= 4 is 35.6 Å². The van der Waals surface area contributed by atoms with Gasteiger partial charge in [-0.2, -0.15) is 0 Å². The van der Waals surface area contributed by atoms with Crippen LogP contribution < -0.4 is 27.8 Å². The third-order valence-electron chi connectivity index (χ3n) is 2.79. The van der Waals surface area contributed by atoms with Crippen molar-refractivity contribution in [1.82, 2.24) is 10.6 Å². The van der Waals surface area contributed by atoms with Gasteiger partial charge >= 0.3 is 11.9 Å². The third kappa shape index (κ3) is 8.85. The van der Waals surface area contributed by atoms with E-state index in [-0.39, 0.29) is 0 Å². The Morgan fingerprint density at radius 2 is 1.24 bits per heavy atom. The summed E-state index contributed by atoms with van der Waals surface area (Å²) in [7, 11) is 0. The molecule has 140 valence electrons. The highest BCUT2D eigenvalue weighted by Crippen LogP contribution is 1.99. The minimum absolute atomic E-state index is 0.549. The molecule has 0 saturated carbocycles. The first-order chi connectivity index (χ1) is 11.4. The van der Waals surface area contributed by atoms with Gasteiger partial charge in [-0.15, -0.1) is 0 Å². The summed E-state index contributed by atoms with van der Waals surface area (Å²) in [6.07, 6.45) is -2.19. The zero-order valence-electron chi connectivity index (χ0n) is 12.9. The van der Waals surface area contributed by atoms with E-state index in [1.165, 1.54) is 0 Å². The SMILES string of the molecule is NC(=O)C[C@H](NC(=O)[C@H](CC(=O)O)NC(=O)[C@@H](N)CC(N)=O)C(=O)O. The Balaban J connectivity index is 5.11. The summed E-state index contributed by atoms with van der Waals surface area (Å²) in [5.74, 6) is -7.20. The van der Waals surface area contributed by atoms with Crippen molar-refractivity contribution in [3.8, 4) is 0 Å². The van der Waals surface area contributed by atoms with Crippen molar-refractivity contribution < 1.29 is 39.0 Å². The smallest absolute Gasteiger partial charge is 0.326 e. The summed E-state index contributed by atoms with van der Waals surface area (Å²) < 4.78 is 0. The molecule has 0 spiro atoms. The Kier molecular flexibility index (Phi) is 8.55. The van der Waals surface area contributed by atoms with Crippen molar-refractivity contribution in [2.75, 3.05) is 0 Å². The van der Waals surface area contributed by atoms with Crippen LogP contribution in [0.25, 0.3) is 0 Å². The molecular formula is C12H19N5O8. The van der Waals surface area contributed by atoms with Crippen LogP contribution in [0, 0.1) is 0 Å². The maximum atomic E-state index is 12.0. The fourth-order valence-corrected chi connectivity index (χ4v) is 1.65. The molecule has 10 N–H and O–H groups in total. The maximum Gasteiger partial charge on any atom is 0.326 e. The fraction of sp³-hybridized carbons (Fsp3) is 0.500. The molecule has 0 rings (SSSR count). The molecule has 0 saturated heterocycles. The zero-order chi connectivity index (χ0) is 19.7. The number of primary amides is 2. The Morgan fingerprint density at radius 1 is 0.760 bits per heavy atom. The number of carbonyl (C=O) groups excluding carboxylic acids is 4. The summed E-state index contributed by atoms with van der Waals surface area (Å²) in [6.45, 7) is 0. The van der Waals surface area contributed by atoms with Crippen LogP contribution in [-0.4, -0.2) is 63.9 Å². The molecule has 0 unspecified atom stereocenters. The van der Waals surface area contributed by atoms with Crippen LogP contribution >= 0.6 is 0 Å². The highest BCUT2D eigenvalue weighted by molar-refractivity contribution is 5.95. The first-order valence-corrected chi connectivity index (χ1v) is 6.81. The van der Waals surface area contributed by atoms with Gasteiger partial charge in [-0.25, -0.2) is 4.79 Å². The van der Waals surface area contributed by atoms with E-state index < -0.39 is 73.0 Å². The highest BCUT2D eigenvalue weighted by Gasteiger charge is 2.30. The van der Waals surface area contributed by atoms with Gasteiger partial charge < -0.3 is 38.0 Å². The number of hydrogen-bond donors (Lipinski definition) is 7. The molecule has 0 fully saturated rings. The van der Waals surface area contributed by atoms with Gasteiger partial charge in [0.05, 0.1) is 25.3 Å². The van der Waals surface area contributed by atoms with Crippen LogP contribution in [0.4, 0.5) is 0 Å². The van der Waals surface area contributed by atoms with E-state index in [1.807, 2.05) is 10.6 Å². The second kappa shape index (κ2) is 9.82. The van der Waals surface area contributed by atoms with Crippen LogP contribution in [-0.2, 0) is 28.8 Å². The molecule has 0 heterocycles. The van der Waals surface area contributed by atoms with Crippen molar-refractivity contribution in [3.05, 3.63) is 0 Å². The second-order valence-corrected chi connectivity index (χ2v) is 5.01. The normalized spacial score (nSPS) is 13.8. The van der Waals surface area contributed by atoms with Crippen LogP contribution in [0.5, 0.6) is 0 Å². The van der Waals surface area contributed by atoms with Gasteiger partial charge in [0.2, 0.25) is 23.6 Å². The van der Waals surface area contributed by atoms with E-state index in [1.54, 1.807) is 0 Å². The number of amides is 4. The first kappa shape index (κ1) is 21.8. The maximum absolute atomic E-state index is 12.0. The monoisotopic (exact) mass is 361 g/mol. The standard InChI is InChI=1S/C12H19N5O8/c13-4(1-7(14)18)10(22)16-5(3-9(20)21)11(23)17-6(12(24)25)2-8(15)19/h4-6H,1-3,13H2,(H2,14,18)(H2,15,19)(H,16,22)(H,17,23)(H,20,21)(H,24,25)/t4-,5-,6-/m0/s1. The summed E-state index contributed by atoms with van der Waals surface area (Å²) in [5.41, 5.74) is 15.1. The summed E-state index contributed by atoms with van der Waals surface area (Å²) in [5, 5.41) is 21.6. The van der Waals surface area contributed by atoms with Gasteiger partial charge in [0, 0.05) is 0 Å². The number of carboxylic acid groups (broad SMARTS) is 2. The van der Waals surface area contributed by atoms with E-state index in [0.717, 1.165) is 0 Å². The number of hydrogen-bond acceptors (Lipinski definition) is 7. The molecule has 0 radical (unpaired) electrons. The minimum atomic E-state index is -1.71. The molecule has 13 heteroatoms.